The van der Waals surface area contributed by atoms with Gasteiger partial charge in [0.15, 0.2) is 10.8 Å². The quantitative estimate of drug-likeness (QED) is 0.412. The second kappa shape index (κ2) is 8.81. The van der Waals surface area contributed by atoms with Gasteiger partial charge in [-0.15, -0.1) is 0 Å². The number of amides is 1. The third-order valence-electron chi connectivity index (χ3n) is 5.60. The van der Waals surface area contributed by atoms with Gasteiger partial charge in [-0.2, -0.15) is 5.10 Å². The number of hydrogen-bond acceptors (Lipinski definition) is 6. The topological polar surface area (TPSA) is 53.0 Å². The van der Waals surface area contributed by atoms with E-state index >= 15 is 0 Å². The summed E-state index contributed by atoms with van der Waals surface area (Å²) in [6.07, 6.45) is 1.91. The predicted molar refractivity (Wildman–Crippen MR) is 143 cm³/mol. The van der Waals surface area contributed by atoms with Crippen molar-refractivity contribution in [3.05, 3.63) is 100 Å². The van der Waals surface area contributed by atoms with Crippen LogP contribution in [0.2, 0.25) is 0 Å². The van der Waals surface area contributed by atoms with Crippen LogP contribution >= 0.6 is 23.5 Å². The highest BCUT2D eigenvalue weighted by Gasteiger charge is 2.59. The Balaban J connectivity index is 1.68. The summed E-state index contributed by atoms with van der Waals surface area (Å²) in [5.74, 6) is -0.252. The summed E-state index contributed by atoms with van der Waals surface area (Å²) >= 11 is 2.73. The van der Waals surface area contributed by atoms with Crippen LogP contribution in [0.3, 0.4) is 0 Å². The standard InChI is InChI=1S/C27H23N3O2S2/c1-18-9-13-21(14-10-18)17-24-26(32)29(22-7-5-4-6-8-22)27(33-24)30(28-25(34-27)20(3)31)23-15-11-19(2)12-16-23/h4-17H,1-3H3/b24-17+/t27-/m1/s1. The molecule has 3 aromatic rings. The third kappa shape index (κ3) is 3.95. The van der Waals surface area contributed by atoms with Crippen LogP contribution in [0.1, 0.15) is 23.6 Å². The molecule has 2 aliphatic heterocycles. The van der Waals surface area contributed by atoms with Gasteiger partial charge in [-0.1, -0.05) is 77.5 Å². The molecule has 5 rings (SSSR count). The molecule has 170 valence electrons. The molecule has 0 aromatic heterocycles. The van der Waals surface area contributed by atoms with Crippen molar-refractivity contribution in [3.8, 4) is 0 Å². The molecule has 0 aliphatic carbocycles. The average molecular weight is 486 g/mol. The lowest BCUT2D eigenvalue weighted by Gasteiger charge is -2.38. The Morgan fingerprint density at radius 2 is 1.47 bits per heavy atom. The Morgan fingerprint density at radius 3 is 2.09 bits per heavy atom. The predicted octanol–water partition coefficient (Wildman–Crippen LogP) is 6.19. The van der Waals surface area contributed by atoms with Crippen LogP contribution in [0.25, 0.3) is 6.08 Å². The van der Waals surface area contributed by atoms with Crippen LogP contribution in [0, 0.1) is 13.8 Å². The lowest BCUT2D eigenvalue weighted by atomic mass is 10.1. The fraction of sp³-hybridized carbons (Fsp3) is 0.148. The molecule has 0 N–H and O–H groups in total. The zero-order chi connectivity index (χ0) is 23.9. The van der Waals surface area contributed by atoms with Crippen LogP contribution in [-0.2, 0) is 9.59 Å². The maximum Gasteiger partial charge on any atom is 0.268 e. The molecule has 0 radical (unpaired) electrons. The average Bonchev–Trinajstić information content (AvgIpc) is 3.34. The molecule has 34 heavy (non-hydrogen) atoms. The number of nitrogens with zero attached hydrogens (tertiary/aromatic N) is 3. The first-order chi connectivity index (χ1) is 16.4. The Kier molecular flexibility index (Phi) is 5.83. The van der Waals surface area contributed by atoms with E-state index in [1.165, 1.54) is 30.4 Å². The van der Waals surface area contributed by atoms with Crippen molar-refractivity contribution in [1.82, 2.24) is 0 Å². The first-order valence-corrected chi connectivity index (χ1v) is 12.5. The first-order valence-electron chi connectivity index (χ1n) is 10.9. The minimum atomic E-state index is -0.995. The van der Waals surface area contributed by atoms with Gasteiger partial charge in [0.2, 0.25) is 4.33 Å². The number of thioether (sulfide) groups is 2. The van der Waals surface area contributed by atoms with Gasteiger partial charge in [0.1, 0.15) is 0 Å². The molecule has 2 aliphatic rings. The molecular formula is C27H23N3O2S2. The minimum absolute atomic E-state index is 0.124. The minimum Gasteiger partial charge on any atom is -0.292 e. The second-order valence-corrected chi connectivity index (χ2v) is 10.9. The van der Waals surface area contributed by atoms with E-state index in [1.54, 1.807) is 9.91 Å². The van der Waals surface area contributed by atoms with Crippen LogP contribution in [0.4, 0.5) is 11.4 Å². The van der Waals surface area contributed by atoms with Gasteiger partial charge in [0, 0.05) is 12.6 Å². The molecule has 1 amide bonds. The molecule has 1 atom stereocenters. The number of ketones is 1. The number of carbonyl (C=O) groups excluding carboxylic acids is 2. The maximum atomic E-state index is 13.9. The smallest absolute Gasteiger partial charge is 0.268 e. The molecule has 0 bridgehead atoms. The number of carbonyl (C=O) groups is 2. The third-order valence-corrected chi connectivity index (χ3v) is 8.41. The Hall–Kier alpha value is -3.29. The number of hydrazone groups is 1. The molecule has 0 saturated carbocycles. The number of anilines is 2. The van der Waals surface area contributed by atoms with Crippen molar-refractivity contribution in [2.24, 2.45) is 5.10 Å². The summed E-state index contributed by atoms with van der Waals surface area (Å²) in [5, 5.41) is 6.89. The summed E-state index contributed by atoms with van der Waals surface area (Å²) in [4.78, 5) is 28.7. The van der Waals surface area contributed by atoms with Gasteiger partial charge in [-0.3, -0.25) is 14.5 Å². The molecule has 7 heteroatoms. The van der Waals surface area contributed by atoms with E-state index in [0.29, 0.717) is 9.95 Å². The molecule has 3 aromatic carbocycles. The Morgan fingerprint density at radius 1 is 0.853 bits per heavy atom. The van der Waals surface area contributed by atoms with Crippen molar-refractivity contribution in [1.29, 1.82) is 0 Å². The number of Topliss-reactive ketones (excluding diaryl/α,β-unsaturated/α-hetero) is 1. The van der Waals surface area contributed by atoms with E-state index in [1.807, 2.05) is 98.8 Å². The fourth-order valence-corrected chi connectivity index (χ4v) is 6.71. The first kappa shape index (κ1) is 22.5. The number of para-hydroxylation sites is 1. The van der Waals surface area contributed by atoms with Gasteiger partial charge in [0.25, 0.3) is 5.91 Å². The Labute approximate surface area is 207 Å². The van der Waals surface area contributed by atoms with Crippen LogP contribution in [0.15, 0.2) is 88.9 Å². The molecular weight excluding hydrogens is 462 g/mol. The Bertz CT molecular complexity index is 1320. The molecule has 1 fully saturated rings. The van der Waals surface area contributed by atoms with E-state index in [4.69, 9.17) is 5.10 Å². The molecule has 5 nitrogen and oxygen atoms in total. The van der Waals surface area contributed by atoms with Crippen molar-refractivity contribution in [2.75, 3.05) is 9.91 Å². The normalized spacial score (nSPS) is 21.0. The number of hydrogen-bond donors (Lipinski definition) is 0. The van der Waals surface area contributed by atoms with Crippen LogP contribution < -0.4 is 9.91 Å². The lowest BCUT2D eigenvalue weighted by molar-refractivity contribution is -0.114. The van der Waals surface area contributed by atoms with Gasteiger partial charge in [0.05, 0.1) is 10.6 Å². The van der Waals surface area contributed by atoms with Gasteiger partial charge >= 0.3 is 0 Å². The zero-order valence-electron chi connectivity index (χ0n) is 19.1. The highest BCUT2D eigenvalue weighted by molar-refractivity contribution is 8.29. The van der Waals surface area contributed by atoms with Crippen molar-refractivity contribution in [2.45, 2.75) is 25.1 Å². The lowest BCUT2D eigenvalue weighted by Crippen LogP contribution is -2.51. The summed E-state index contributed by atoms with van der Waals surface area (Å²) in [5.41, 5.74) is 4.79. The van der Waals surface area contributed by atoms with Gasteiger partial charge in [-0.25, -0.2) is 5.01 Å². The number of rotatable bonds is 4. The van der Waals surface area contributed by atoms with E-state index in [2.05, 4.69) is 0 Å². The largest absolute Gasteiger partial charge is 0.292 e. The maximum absolute atomic E-state index is 13.9. The molecule has 2 heterocycles. The van der Waals surface area contributed by atoms with Gasteiger partial charge in [-0.05, 0) is 61.5 Å². The van der Waals surface area contributed by atoms with Crippen LogP contribution in [0.5, 0.6) is 0 Å². The van der Waals surface area contributed by atoms with E-state index in [0.717, 1.165) is 28.1 Å². The van der Waals surface area contributed by atoms with Crippen molar-refractivity contribution >= 4 is 57.7 Å². The number of benzene rings is 3. The van der Waals surface area contributed by atoms with Crippen LogP contribution in [-0.4, -0.2) is 21.1 Å². The number of aryl methyl sites for hydroxylation is 2. The molecule has 0 unspecified atom stereocenters. The van der Waals surface area contributed by atoms with E-state index in [-0.39, 0.29) is 11.7 Å². The van der Waals surface area contributed by atoms with Crippen molar-refractivity contribution in [3.63, 3.8) is 0 Å². The summed E-state index contributed by atoms with van der Waals surface area (Å²) in [6, 6.07) is 25.6. The second-order valence-electron chi connectivity index (χ2n) is 8.26. The highest BCUT2D eigenvalue weighted by atomic mass is 32.2. The molecule has 1 spiro atoms. The van der Waals surface area contributed by atoms with E-state index in [9.17, 15) is 9.59 Å². The van der Waals surface area contributed by atoms with Crippen molar-refractivity contribution < 1.29 is 9.59 Å². The van der Waals surface area contributed by atoms with Gasteiger partial charge < -0.3 is 0 Å². The SMILES string of the molecule is CC(=O)C1=NN(c2ccc(C)cc2)[C@@]2(S1)S/C(=C/c1ccc(C)cc1)C(=O)N2c1ccccc1. The molecule has 1 saturated heterocycles. The highest BCUT2D eigenvalue weighted by Crippen LogP contribution is 2.59. The zero-order valence-corrected chi connectivity index (χ0v) is 20.7. The fourth-order valence-electron chi connectivity index (χ4n) is 3.83. The monoisotopic (exact) mass is 485 g/mol. The van der Waals surface area contributed by atoms with E-state index < -0.39 is 4.33 Å². The summed E-state index contributed by atoms with van der Waals surface area (Å²) in [6.45, 7) is 5.57. The summed E-state index contributed by atoms with van der Waals surface area (Å²) in [7, 11) is 0. The summed E-state index contributed by atoms with van der Waals surface area (Å²) < 4.78 is -0.995.